The van der Waals surface area contributed by atoms with Crippen LogP contribution < -0.4 is 5.32 Å². The van der Waals surface area contributed by atoms with Gasteiger partial charge >= 0.3 is 0 Å². The molecular weight excluding hydrogens is 419 g/mol. The van der Waals surface area contributed by atoms with Gasteiger partial charge in [-0.2, -0.15) is 0 Å². The van der Waals surface area contributed by atoms with Crippen LogP contribution in [0.25, 0.3) is 4.96 Å². The number of imidazole rings is 1. The van der Waals surface area contributed by atoms with Crippen LogP contribution >= 0.6 is 22.7 Å². The lowest BCUT2D eigenvalue weighted by atomic mass is 10.1. The van der Waals surface area contributed by atoms with E-state index in [1.807, 2.05) is 36.4 Å². The lowest BCUT2D eigenvalue weighted by molar-refractivity contribution is -0.122. The second-order valence-corrected chi connectivity index (χ2v) is 9.57. The third-order valence-corrected chi connectivity index (χ3v) is 6.75. The molecule has 0 saturated carbocycles. The summed E-state index contributed by atoms with van der Waals surface area (Å²) in [5.41, 5.74) is 2.94. The van der Waals surface area contributed by atoms with Crippen molar-refractivity contribution in [1.82, 2.24) is 19.6 Å². The Balaban J connectivity index is 1.46. The number of hydrogen-bond donors (Lipinski definition) is 1. The first-order chi connectivity index (χ1) is 14.4. The molecule has 0 spiro atoms. The number of rotatable bonds is 7. The number of aromatic nitrogens is 2. The summed E-state index contributed by atoms with van der Waals surface area (Å²) >= 11 is 3.23. The highest BCUT2D eigenvalue weighted by Gasteiger charge is 2.20. The van der Waals surface area contributed by atoms with Crippen LogP contribution in [0, 0.1) is 19.7 Å². The Morgan fingerprint density at radius 3 is 2.73 bits per heavy atom. The van der Waals surface area contributed by atoms with Crippen LogP contribution in [-0.2, 0) is 11.3 Å². The summed E-state index contributed by atoms with van der Waals surface area (Å²) in [4.78, 5) is 22.6. The quantitative estimate of drug-likeness (QED) is 0.457. The van der Waals surface area contributed by atoms with E-state index in [0.29, 0.717) is 6.54 Å². The van der Waals surface area contributed by atoms with Gasteiger partial charge in [-0.1, -0.05) is 18.2 Å². The molecule has 0 aliphatic rings. The van der Waals surface area contributed by atoms with Gasteiger partial charge in [0.25, 0.3) is 0 Å². The molecule has 8 heteroatoms. The Kier molecular flexibility index (Phi) is 5.99. The highest BCUT2D eigenvalue weighted by molar-refractivity contribution is 7.17. The number of benzene rings is 1. The standard InChI is InChI=1S/C22H23FN4OS2/c1-14-11-27-18(15(2)24-22(27)30-14)12-26(3)13-20(28)25-21(19-5-4-10-29-19)16-6-8-17(23)9-7-16/h4-11,21H,12-13H2,1-3H3,(H,25,28). The number of nitrogens with one attached hydrogen (secondary N) is 1. The molecule has 1 N–H and O–H groups in total. The fourth-order valence-corrected chi connectivity index (χ4v) is 5.18. The van der Waals surface area contributed by atoms with Gasteiger partial charge in [0.15, 0.2) is 4.96 Å². The normalized spacial score (nSPS) is 12.6. The number of carbonyl (C=O) groups is 1. The predicted molar refractivity (Wildman–Crippen MR) is 120 cm³/mol. The van der Waals surface area contributed by atoms with Gasteiger partial charge in [0.05, 0.1) is 24.0 Å². The largest absolute Gasteiger partial charge is 0.343 e. The molecule has 1 atom stereocenters. The van der Waals surface area contributed by atoms with E-state index >= 15 is 0 Å². The second-order valence-electron chi connectivity index (χ2n) is 7.38. The number of halogens is 1. The maximum Gasteiger partial charge on any atom is 0.234 e. The highest BCUT2D eigenvalue weighted by Crippen LogP contribution is 2.26. The van der Waals surface area contributed by atoms with Crippen LogP contribution in [0.4, 0.5) is 4.39 Å². The first-order valence-corrected chi connectivity index (χ1v) is 11.3. The van der Waals surface area contributed by atoms with Gasteiger partial charge in [-0.15, -0.1) is 22.7 Å². The van der Waals surface area contributed by atoms with Gasteiger partial charge in [0.1, 0.15) is 5.82 Å². The second kappa shape index (κ2) is 8.67. The summed E-state index contributed by atoms with van der Waals surface area (Å²) in [7, 11) is 1.93. The Morgan fingerprint density at radius 2 is 2.03 bits per heavy atom. The lowest BCUT2D eigenvalue weighted by Gasteiger charge is -2.21. The van der Waals surface area contributed by atoms with Gasteiger partial charge in [-0.25, -0.2) is 9.37 Å². The van der Waals surface area contributed by atoms with Crippen molar-refractivity contribution in [3.05, 3.63) is 80.5 Å². The summed E-state index contributed by atoms with van der Waals surface area (Å²) in [6, 6.07) is 9.91. The lowest BCUT2D eigenvalue weighted by Crippen LogP contribution is -2.37. The number of nitrogens with zero attached hydrogens (tertiary/aromatic N) is 3. The van der Waals surface area contributed by atoms with E-state index < -0.39 is 0 Å². The molecule has 4 aromatic rings. The van der Waals surface area contributed by atoms with Crippen LogP contribution in [0.1, 0.15) is 32.7 Å². The molecule has 0 saturated heterocycles. The first-order valence-electron chi connectivity index (χ1n) is 9.61. The van der Waals surface area contributed by atoms with E-state index in [4.69, 9.17) is 0 Å². The van der Waals surface area contributed by atoms with Gasteiger partial charge in [0, 0.05) is 22.5 Å². The monoisotopic (exact) mass is 442 g/mol. The third-order valence-electron chi connectivity index (χ3n) is 4.91. The fraction of sp³-hybridized carbons (Fsp3) is 0.273. The SMILES string of the molecule is Cc1cn2c(CN(C)CC(=O)NC(c3ccc(F)cc3)c3cccs3)c(C)nc2s1. The number of thiazole rings is 1. The number of aryl methyl sites for hydroxylation is 2. The summed E-state index contributed by atoms with van der Waals surface area (Å²) in [5.74, 6) is -0.374. The van der Waals surface area contributed by atoms with E-state index in [1.54, 1.807) is 34.8 Å². The minimum atomic E-state index is -0.297. The maximum atomic E-state index is 13.4. The Morgan fingerprint density at radius 1 is 1.27 bits per heavy atom. The van der Waals surface area contributed by atoms with Gasteiger partial charge in [-0.05, 0) is 50.0 Å². The fourth-order valence-electron chi connectivity index (χ4n) is 3.49. The molecule has 3 aromatic heterocycles. The molecule has 1 unspecified atom stereocenters. The zero-order chi connectivity index (χ0) is 21.3. The van der Waals surface area contributed by atoms with Gasteiger partial charge < -0.3 is 5.32 Å². The molecule has 1 amide bonds. The minimum Gasteiger partial charge on any atom is -0.343 e. The molecule has 0 aliphatic carbocycles. The average Bonchev–Trinajstić information content (AvgIpc) is 3.40. The van der Waals surface area contributed by atoms with Gasteiger partial charge in [0.2, 0.25) is 5.91 Å². The van der Waals surface area contributed by atoms with E-state index in [1.165, 1.54) is 17.0 Å². The summed E-state index contributed by atoms with van der Waals surface area (Å²) < 4.78 is 15.5. The predicted octanol–water partition coefficient (Wildman–Crippen LogP) is 4.55. The highest BCUT2D eigenvalue weighted by atomic mass is 32.1. The number of thiophene rings is 1. The van der Waals surface area contributed by atoms with Crippen molar-refractivity contribution in [1.29, 1.82) is 0 Å². The molecule has 5 nitrogen and oxygen atoms in total. The van der Waals surface area contributed by atoms with Crippen molar-refractivity contribution in [3.63, 3.8) is 0 Å². The number of carbonyl (C=O) groups excluding carboxylic acids is 1. The van der Waals surface area contributed by atoms with Crippen LogP contribution in [0.3, 0.4) is 0 Å². The Bertz CT molecular complexity index is 1150. The number of likely N-dealkylation sites (N-methyl/N-ethyl adjacent to an activating group) is 1. The molecular formula is C22H23FN4OS2. The van der Waals surface area contributed by atoms with Gasteiger partial charge in [-0.3, -0.25) is 14.1 Å². The van der Waals surface area contributed by atoms with Crippen molar-refractivity contribution in [2.24, 2.45) is 0 Å². The Labute approximate surface area is 182 Å². The van der Waals surface area contributed by atoms with Crippen molar-refractivity contribution in [2.45, 2.75) is 26.4 Å². The van der Waals surface area contributed by atoms with E-state index in [0.717, 1.165) is 26.8 Å². The summed E-state index contributed by atoms with van der Waals surface area (Å²) in [6.45, 7) is 4.94. The van der Waals surface area contributed by atoms with E-state index in [9.17, 15) is 9.18 Å². The van der Waals surface area contributed by atoms with E-state index in [2.05, 4.69) is 27.8 Å². The number of amides is 1. The minimum absolute atomic E-state index is 0.0832. The molecule has 0 radical (unpaired) electrons. The van der Waals surface area contributed by atoms with Crippen LogP contribution in [0.2, 0.25) is 0 Å². The van der Waals surface area contributed by atoms with Crippen molar-refractivity contribution in [2.75, 3.05) is 13.6 Å². The molecule has 0 fully saturated rings. The van der Waals surface area contributed by atoms with Crippen molar-refractivity contribution >= 4 is 33.5 Å². The topological polar surface area (TPSA) is 49.6 Å². The number of hydrogen-bond acceptors (Lipinski definition) is 5. The number of fused-ring (bicyclic) bond motifs is 1. The molecule has 0 bridgehead atoms. The molecule has 4 rings (SSSR count). The van der Waals surface area contributed by atoms with Crippen LogP contribution in [0.15, 0.2) is 48.0 Å². The maximum absolute atomic E-state index is 13.4. The third kappa shape index (κ3) is 4.45. The average molecular weight is 443 g/mol. The zero-order valence-corrected chi connectivity index (χ0v) is 18.7. The van der Waals surface area contributed by atoms with Crippen molar-refractivity contribution < 1.29 is 9.18 Å². The summed E-state index contributed by atoms with van der Waals surface area (Å²) in [6.07, 6.45) is 2.09. The van der Waals surface area contributed by atoms with Crippen LogP contribution in [-0.4, -0.2) is 33.8 Å². The Hall–Kier alpha value is -2.55. The molecule has 30 heavy (non-hydrogen) atoms. The molecule has 1 aromatic carbocycles. The van der Waals surface area contributed by atoms with Crippen molar-refractivity contribution in [3.8, 4) is 0 Å². The van der Waals surface area contributed by atoms with E-state index in [-0.39, 0.29) is 24.3 Å². The first kappa shape index (κ1) is 20.7. The zero-order valence-electron chi connectivity index (χ0n) is 17.1. The van der Waals surface area contributed by atoms with Crippen LogP contribution in [0.5, 0.6) is 0 Å². The molecule has 156 valence electrons. The summed E-state index contributed by atoms with van der Waals surface area (Å²) in [5, 5.41) is 5.08. The molecule has 0 aliphatic heterocycles. The molecule has 3 heterocycles. The smallest absolute Gasteiger partial charge is 0.234 e.